The van der Waals surface area contributed by atoms with Crippen molar-refractivity contribution < 1.29 is 8.85 Å². The molecule has 0 fully saturated rings. The molecule has 0 spiro atoms. The van der Waals surface area contributed by atoms with Crippen LogP contribution in [0.3, 0.4) is 0 Å². The van der Waals surface area contributed by atoms with Gasteiger partial charge in [0, 0.05) is 20.3 Å². The van der Waals surface area contributed by atoms with E-state index < -0.39 is 9.28 Å². The molecule has 2 nitrogen and oxygen atoms in total. The van der Waals surface area contributed by atoms with Crippen LogP contribution in [0.5, 0.6) is 0 Å². The maximum Gasteiger partial charge on any atom is 0.325 e. The van der Waals surface area contributed by atoms with Gasteiger partial charge < -0.3 is 8.85 Å². The van der Waals surface area contributed by atoms with Gasteiger partial charge in [0.1, 0.15) is 0 Å². The molecule has 0 heterocycles. The second kappa shape index (κ2) is 6.56. The van der Waals surface area contributed by atoms with Crippen molar-refractivity contribution in [3.63, 3.8) is 0 Å². The van der Waals surface area contributed by atoms with Crippen LogP contribution in [0.4, 0.5) is 0 Å². The maximum absolute atomic E-state index is 5.28. The van der Waals surface area contributed by atoms with Gasteiger partial charge in [0.15, 0.2) is 0 Å². The zero-order chi connectivity index (χ0) is 11.1. The van der Waals surface area contributed by atoms with Gasteiger partial charge in [-0.05, 0) is 12.5 Å². The molecule has 15 heavy (non-hydrogen) atoms. The summed E-state index contributed by atoms with van der Waals surface area (Å²) in [5.41, 5.74) is 2.54. The first kappa shape index (κ1) is 12.2. The summed E-state index contributed by atoms with van der Waals surface area (Å²) in [6.45, 7) is 2.12. The Kier molecular flexibility index (Phi) is 5.32. The number of benzene rings is 1. The molecule has 82 valence electrons. The Hall–Kier alpha value is -0.903. The lowest BCUT2D eigenvalue weighted by Gasteiger charge is -2.10. The van der Waals surface area contributed by atoms with Gasteiger partial charge in [-0.1, -0.05) is 42.0 Å². The summed E-state index contributed by atoms with van der Waals surface area (Å²) in [4.78, 5) is 0. The van der Waals surface area contributed by atoms with Crippen molar-refractivity contribution in [3.8, 4) is 0 Å². The number of allylic oxidation sites excluding steroid dienone is 1. The van der Waals surface area contributed by atoms with Crippen LogP contribution in [0, 0.1) is 0 Å². The zero-order valence-electron chi connectivity index (χ0n) is 9.57. The monoisotopic (exact) mass is 222 g/mol. The number of hydrogen-bond acceptors (Lipinski definition) is 2. The minimum absolute atomic E-state index is 0.932. The quantitative estimate of drug-likeness (QED) is 0.713. The van der Waals surface area contributed by atoms with Crippen molar-refractivity contribution in [3.05, 3.63) is 41.5 Å². The fourth-order valence-electron chi connectivity index (χ4n) is 1.42. The molecule has 3 heteroatoms. The molecule has 1 aromatic rings. The first-order chi connectivity index (χ1) is 7.26. The largest absolute Gasteiger partial charge is 0.400 e. The first-order valence-corrected chi connectivity index (χ1v) is 6.80. The highest BCUT2D eigenvalue weighted by molar-refractivity contribution is 6.45. The molecule has 1 aromatic carbocycles. The van der Waals surface area contributed by atoms with Crippen molar-refractivity contribution in [1.29, 1.82) is 0 Å². The summed E-state index contributed by atoms with van der Waals surface area (Å²) in [6.07, 6.45) is 2.18. The van der Waals surface area contributed by atoms with E-state index in [4.69, 9.17) is 8.85 Å². The summed E-state index contributed by atoms with van der Waals surface area (Å²) >= 11 is 0. The molecule has 0 amide bonds. The van der Waals surface area contributed by atoms with E-state index in [0.29, 0.717) is 0 Å². The summed E-state index contributed by atoms with van der Waals surface area (Å²) in [7, 11) is 1.98. The standard InChI is InChI=1S/C12H18O2Si/c1-11(10-15(13-2)14-3)9-12-7-5-4-6-8-12/h4-9,15H,10H2,1-3H3/b11-9+. The summed E-state index contributed by atoms with van der Waals surface area (Å²) < 4.78 is 10.6. The maximum atomic E-state index is 5.28. The Morgan fingerprint density at radius 1 is 1.20 bits per heavy atom. The summed E-state index contributed by atoms with van der Waals surface area (Å²) in [5, 5.41) is 0. The first-order valence-electron chi connectivity index (χ1n) is 5.04. The summed E-state index contributed by atoms with van der Waals surface area (Å²) in [5.74, 6) is 0. The SMILES string of the molecule is CO[SiH](C/C(C)=C/c1ccccc1)OC. The van der Waals surface area contributed by atoms with Crippen molar-refractivity contribution >= 4 is 15.4 Å². The Morgan fingerprint density at radius 3 is 2.33 bits per heavy atom. The normalized spacial score (nSPS) is 12.1. The van der Waals surface area contributed by atoms with Crippen LogP contribution in [0.25, 0.3) is 6.08 Å². The Bertz CT molecular complexity index is 305. The van der Waals surface area contributed by atoms with E-state index in [9.17, 15) is 0 Å². The van der Waals surface area contributed by atoms with E-state index in [0.717, 1.165) is 6.04 Å². The van der Waals surface area contributed by atoms with E-state index in [1.165, 1.54) is 11.1 Å². The van der Waals surface area contributed by atoms with Gasteiger partial charge in [-0.15, -0.1) is 0 Å². The molecule has 0 saturated heterocycles. The topological polar surface area (TPSA) is 18.5 Å². The highest BCUT2D eigenvalue weighted by Gasteiger charge is 2.09. The predicted molar refractivity (Wildman–Crippen MR) is 66.1 cm³/mol. The van der Waals surface area contributed by atoms with Crippen molar-refractivity contribution in [2.75, 3.05) is 14.2 Å². The van der Waals surface area contributed by atoms with Crippen LogP contribution >= 0.6 is 0 Å². The van der Waals surface area contributed by atoms with E-state index in [1.807, 2.05) is 18.2 Å². The van der Waals surface area contributed by atoms with Crippen molar-refractivity contribution in [1.82, 2.24) is 0 Å². The number of rotatable bonds is 5. The smallest absolute Gasteiger partial charge is 0.325 e. The second-order valence-electron chi connectivity index (χ2n) is 3.51. The third-order valence-electron chi connectivity index (χ3n) is 2.23. The third kappa shape index (κ3) is 4.42. The lowest BCUT2D eigenvalue weighted by molar-refractivity contribution is 0.280. The van der Waals surface area contributed by atoms with Crippen LogP contribution in [-0.2, 0) is 8.85 Å². The van der Waals surface area contributed by atoms with E-state index in [1.54, 1.807) is 14.2 Å². The predicted octanol–water partition coefficient (Wildman–Crippen LogP) is 2.60. The molecule has 0 N–H and O–H groups in total. The molecule has 0 radical (unpaired) electrons. The molecule has 1 rings (SSSR count). The second-order valence-corrected chi connectivity index (χ2v) is 5.72. The molecule has 0 bridgehead atoms. The zero-order valence-corrected chi connectivity index (χ0v) is 10.7. The van der Waals surface area contributed by atoms with E-state index in [-0.39, 0.29) is 0 Å². The highest BCUT2D eigenvalue weighted by Crippen LogP contribution is 2.12. The molecule has 0 aliphatic heterocycles. The Morgan fingerprint density at radius 2 is 1.80 bits per heavy atom. The Labute approximate surface area is 93.4 Å². The molecule has 0 aliphatic carbocycles. The molecule has 0 aromatic heterocycles. The van der Waals surface area contributed by atoms with Crippen LogP contribution in [0.15, 0.2) is 35.9 Å². The third-order valence-corrected chi connectivity index (χ3v) is 4.26. The fraction of sp³-hybridized carbons (Fsp3) is 0.333. The van der Waals surface area contributed by atoms with Gasteiger partial charge in [0.05, 0.1) is 0 Å². The summed E-state index contributed by atoms with van der Waals surface area (Å²) in [6, 6.07) is 11.2. The minimum atomic E-state index is -1.46. The van der Waals surface area contributed by atoms with Crippen LogP contribution in [-0.4, -0.2) is 23.5 Å². The van der Waals surface area contributed by atoms with Gasteiger partial charge in [-0.3, -0.25) is 0 Å². The molecule has 0 unspecified atom stereocenters. The molecular formula is C12H18O2Si. The average molecular weight is 222 g/mol. The van der Waals surface area contributed by atoms with Gasteiger partial charge >= 0.3 is 9.28 Å². The average Bonchev–Trinajstić information content (AvgIpc) is 2.27. The molecule has 0 saturated carbocycles. The van der Waals surface area contributed by atoms with E-state index >= 15 is 0 Å². The minimum Gasteiger partial charge on any atom is -0.400 e. The van der Waals surface area contributed by atoms with Crippen molar-refractivity contribution in [2.24, 2.45) is 0 Å². The van der Waals surface area contributed by atoms with Crippen molar-refractivity contribution in [2.45, 2.75) is 13.0 Å². The van der Waals surface area contributed by atoms with E-state index in [2.05, 4.69) is 25.1 Å². The molecule has 0 atom stereocenters. The van der Waals surface area contributed by atoms with Gasteiger partial charge in [0.2, 0.25) is 0 Å². The Balaban J connectivity index is 2.60. The molecular weight excluding hydrogens is 204 g/mol. The van der Waals surface area contributed by atoms with Crippen LogP contribution in [0.1, 0.15) is 12.5 Å². The lowest BCUT2D eigenvalue weighted by atomic mass is 10.1. The van der Waals surface area contributed by atoms with Crippen LogP contribution in [0.2, 0.25) is 6.04 Å². The van der Waals surface area contributed by atoms with Gasteiger partial charge in [0.25, 0.3) is 0 Å². The molecule has 0 aliphatic rings. The highest BCUT2D eigenvalue weighted by atomic mass is 28.3. The van der Waals surface area contributed by atoms with Crippen LogP contribution < -0.4 is 0 Å². The van der Waals surface area contributed by atoms with Gasteiger partial charge in [-0.25, -0.2) is 0 Å². The number of hydrogen-bond donors (Lipinski definition) is 0. The fourth-order valence-corrected chi connectivity index (χ4v) is 2.59. The lowest BCUT2D eigenvalue weighted by Crippen LogP contribution is -2.18. The van der Waals surface area contributed by atoms with Gasteiger partial charge in [-0.2, -0.15) is 0 Å².